The molecule has 0 spiro atoms. The standard InChI is InChI=1S/C24H29N3O5/c1-17(28)22(24(30)31-3)25-23(29)19-7-4-18(5-8-19)6-9-20-10-11-21(32-20)16-27-14-12-26(2)13-15-27/h4-5,7-8,10-11,17,22,28H,12-16H2,1-3H3,(H,25,29)/t17-,22+/m1/s1. The van der Waals surface area contributed by atoms with E-state index >= 15 is 0 Å². The Hall–Kier alpha value is -3.12. The fourth-order valence-electron chi connectivity index (χ4n) is 3.32. The number of ether oxygens (including phenoxy) is 1. The van der Waals surface area contributed by atoms with Crippen molar-refractivity contribution in [2.75, 3.05) is 40.3 Å². The molecule has 1 aliphatic rings. The third-order valence-corrected chi connectivity index (χ3v) is 5.34. The number of esters is 1. The monoisotopic (exact) mass is 439 g/mol. The van der Waals surface area contributed by atoms with Crippen molar-refractivity contribution in [1.29, 1.82) is 0 Å². The molecule has 0 saturated carbocycles. The van der Waals surface area contributed by atoms with E-state index in [2.05, 4.69) is 38.7 Å². The van der Waals surface area contributed by atoms with Gasteiger partial charge in [-0.3, -0.25) is 9.69 Å². The van der Waals surface area contributed by atoms with Gasteiger partial charge in [-0.1, -0.05) is 5.92 Å². The summed E-state index contributed by atoms with van der Waals surface area (Å²) in [4.78, 5) is 28.7. The predicted octanol–water partition coefficient (Wildman–Crippen LogP) is 1.08. The van der Waals surface area contributed by atoms with Gasteiger partial charge in [-0.25, -0.2) is 4.79 Å². The highest BCUT2D eigenvalue weighted by molar-refractivity contribution is 5.97. The van der Waals surface area contributed by atoms with Gasteiger partial charge in [0.15, 0.2) is 11.8 Å². The lowest BCUT2D eigenvalue weighted by molar-refractivity contribution is -0.145. The van der Waals surface area contributed by atoms with E-state index < -0.39 is 24.0 Å². The lowest BCUT2D eigenvalue weighted by atomic mass is 10.1. The summed E-state index contributed by atoms with van der Waals surface area (Å²) in [5, 5.41) is 12.2. The minimum atomic E-state index is -1.13. The molecule has 1 aromatic heterocycles. The second kappa shape index (κ2) is 11.0. The number of hydrogen-bond donors (Lipinski definition) is 2. The second-order valence-corrected chi connectivity index (χ2v) is 7.89. The summed E-state index contributed by atoms with van der Waals surface area (Å²) in [6.07, 6.45) is -1.08. The third-order valence-electron chi connectivity index (χ3n) is 5.34. The van der Waals surface area contributed by atoms with Crippen LogP contribution in [0.3, 0.4) is 0 Å². The van der Waals surface area contributed by atoms with Crippen LogP contribution in [-0.2, 0) is 16.1 Å². The van der Waals surface area contributed by atoms with Crippen LogP contribution in [0.1, 0.15) is 34.4 Å². The zero-order chi connectivity index (χ0) is 23.1. The molecule has 2 N–H and O–H groups in total. The molecule has 0 bridgehead atoms. The Morgan fingerprint density at radius 2 is 1.81 bits per heavy atom. The first-order valence-electron chi connectivity index (χ1n) is 10.5. The summed E-state index contributed by atoms with van der Waals surface area (Å²) in [6, 6.07) is 9.33. The number of carbonyl (C=O) groups is 2. The Kier molecular flexibility index (Phi) is 8.06. The number of nitrogens with one attached hydrogen (secondary N) is 1. The molecule has 0 radical (unpaired) electrons. The lowest BCUT2D eigenvalue weighted by Crippen LogP contribution is -2.48. The molecule has 1 amide bonds. The number of likely N-dealkylation sites (N-methyl/N-ethyl adjacent to an activating group) is 1. The number of nitrogens with zero attached hydrogens (tertiary/aromatic N) is 2. The molecule has 1 aliphatic heterocycles. The van der Waals surface area contributed by atoms with Gasteiger partial charge in [0.05, 0.1) is 19.8 Å². The first-order valence-corrected chi connectivity index (χ1v) is 10.5. The van der Waals surface area contributed by atoms with Crippen LogP contribution in [0, 0.1) is 11.8 Å². The van der Waals surface area contributed by atoms with Gasteiger partial charge in [0.25, 0.3) is 5.91 Å². The van der Waals surface area contributed by atoms with E-state index in [0.29, 0.717) is 11.3 Å². The number of carbonyl (C=O) groups excluding carboxylic acids is 2. The molecule has 32 heavy (non-hydrogen) atoms. The maximum absolute atomic E-state index is 12.4. The van der Waals surface area contributed by atoms with Crippen molar-refractivity contribution >= 4 is 11.9 Å². The summed E-state index contributed by atoms with van der Waals surface area (Å²) >= 11 is 0. The Labute approximate surface area is 188 Å². The highest BCUT2D eigenvalue weighted by Gasteiger charge is 2.26. The minimum absolute atomic E-state index is 0.345. The number of benzene rings is 1. The SMILES string of the molecule is COC(=O)[C@@H](NC(=O)c1ccc(C#Cc2ccc(CN3CCN(C)CC3)o2)cc1)[C@@H](C)O. The largest absolute Gasteiger partial charge is 0.467 e. The molecule has 2 heterocycles. The van der Waals surface area contributed by atoms with E-state index in [1.54, 1.807) is 24.3 Å². The summed E-state index contributed by atoms with van der Waals surface area (Å²) in [5.74, 6) is 6.32. The van der Waals surface area contributed by atoms with Crippen molar-refractivity contribution in [3.63, 3.8) is 0 Å². The smallest absolute Gasteiger partial charge is 0.331 e. The molecular formula is C24H29N3O5. The van der Waals surface area contributed by atoms with Crippen LogP contribution in [0.25, 0.3) is 0 Å². The van der Waals surface area contributed by atoms with Gasteiger partial charge in [-0.05, 0) is 56.3 Å². The highest BCUT2D eigenvalue weighted by atomic mass is 16.5. The van der Waals surface area contributed by atoms with Crippen LogP contribution in [0.15, 0.2) is 40.8 Å². The molecule has 1 saturated heterocycles. The van der Waals surface area contributed by atoms with E-state index in [1.807, 2.05) is 12.1 Å². The zero-order valence-corrected chi connectivity index (χ0v) is 18.6. The summed E-state index contributed by atoms with van der Waals surface area (Å²) in [5.41, 5.74) is 1.07. The molecule has 170 valence electrons. The van der Waals surface area contributed by atoms with Gasteiger partial charge < -0.3 is 24.5 Å². The van der Waals surface area contributed by atoms with Crippen LogP contribution >= 0.6 is 0 Å². The van der Waals surface area contributed by atoms with Crippen LogP contribution in [-0.4, -0.2) is 79.3 Å². The molecule has 0 aliphatic carbocycles. The molecular weight excluding hydrogens is 410 g/mol. The van der Waals surface area contributed by atoms with Crippen molar-refractivity contribution in [2.45, 2.75) is 25.6 Å². The van der Waals surface area contributed by atoms with E-state index in [1.165, 1.54) is 14.0 Å². The number of amides is 1. The Balaban J connectivity index is 1.58. The average Bonchev–Trinajstić information content (AvgIpc) is 3.24. The number of methoxy groups -OCH3 is 1. The summed E-state index contributed by atoms with van der Waals surface area (Å²) in [7, 11) is 3.33. The molecule has 8 nitrogen and oxygen atoms in total. The Morgan fingerprint density at radius 1 is 1.12 bits per heavy atom. The maximum Gasteiger partial charge on any atom is 0.331 e. The Morgan fingerprint density at radius 3 is 2.44 bits per heavy atom. The molecule has 2 atom stereocenters. The molecule has 1 fully saturated rings. The van der Waals surface area contributed by atoms with Crippen molar-refractivity contribution in [1.82, 2.24) is 15.1 Å². The topological polar surface area (TPSA) is 95.3 Å². The van der Waals surface area contributed by atoms with Crippen LogP contribution in [0.2, 0.25) is 0 Å². The van der Waals surface area contributed by atoms with Gasteiger partial charge in [-0.15, -0.1) is 0 Å². The maximum atomic E-state index is 12.4. The van der Waals surface area contributed by atoms with E-state index in [0.717, 1.165) is 44.0 Å². The summed E-state index contributed by atoms with van der Waals surface area (Å²) < 4.78 is 10.4. The van der Waals surface area contributed by atoms with Crippen molar-refractivity contribution in [3.8, 4) is 11.8 Å². The van der Waals surface area contributed by atoms with Gasteiger partial charge in [0, 0.05) is 37.3 Å². The van der Waals surface area contributed by atoms with Crippen LogP contribution < -0.4 is 5.32 Å². The number of hydrogen-bond acceptors (Lipinski definition) is 7. The van der Waals surface area contributed by atoms with Gasteiger partial charge >= 0.3 is 5.97 Å². The van der Waals surface area contributed by atoms with Gasteiger partial charge in [-0.2, -0.15) is 0 Å². The fraction of sp³-hybridized carbons (Fsp3) is 0.417. The van der Waals surface area contributed by atoms with E-state index in [9.17, 15) is 14.7 Å². The molecule has 2 aromatic rings. The Bertz CT molecular complexity index is 979. The van der Waals surface area contributed by atoms with E-state index in [-0.39, 0.29) is 0 Å². The van der Waals surface area contributed by atoms with Gasteiger partial charge in [0.1, 0.15) is 5.76 Å². The number of furan rings is 1. The second-order valence-electron chi connectivity index (χ2n) is 7.89. The quantitative estimate of drug-likeness (QED) is 0.514. The first-order chi connectivity index (χ1) is 15.4. The number of piperazine rings is 1. The fourth-order valence-corrected chi connectivity index (χ4v) is 3.32. The number of rotatable bonds is 6. The molecule has 0 unspecified atom stereocenters. The number of aliphatic hydroxyl groups excluding tert-OH is 1. The lowest BCUT2D eigenvalue weighted by Gasteiger charge is -2.31. The van der Waals surface area contributed by atoms with Gasteiger partial charge in [0.2, 0.25) is 0 Å². The third kappa shape index (κ3) is 6.44. The molecule has 8 heteroatoms. The normalized spacial score (nSPS) is 16.5. The summed E-state index contributed by atoms with van der Waals surface area (Å²) in [6.45, 7) is 6.35. The zero-order valence-electron chi connectivity index (χ0n) is 18.6. The predicted molar refractivity (Wildman–Crippen MR) is 119 cm³/mol. The van der Waals surface area contributed by atoms with Crippen molar-refractivity contribution in [2.24, 2.45) is 0 Å². The van der Waals surface area contributed by atoms with Crippen molar-refractivity contribution in [3.05, 3.63) is 59.0 Å². The first kappa shape index (κ1) is 23.5. The highest BCUT2D eigenvalue weighted by Crippen LogP contribution is 2.12. The number of aliphatic hydroxyl groups is 1. The molecule has 3 rings (SSSR count). The molecule has 1 aromatic carbocycles. The van der Waals surface area contributed by atoms with Crippen LogP contribution in [0.5, 0.6) is 0 Å². The van der Waals surface area contributed by atoms with Crippen molar-refractivity contribution < 1.29 is 23.8 Å². The minimum Gasteiger partial charge on any atom is -0.467 e. The van der Waals surface area contributed by atoms with E-state index in [4.69, 9.17) is 4.42 Å². The average molecular weight is 440 g/mol. The van der Waals surface area contributed by atoms with Crippen LogP contribution in [0.4, 0.5) is 0 Å².